The van der Waals surface area contributed by atoms with E-state index in [0.29, 0.717) is 0 Å². The fourth-order valence-electron chi connectivity index (χ4n) is 1.25. The number of carbonyl (C=O) groups excluding carboxylic acids is 2. The number of hydrogen-bond acceptors (Lipinski definition) is 11. The second-order valence-corrected chi connectivity index (χ2v) is 3.94. The third kappa shape index (κ3) is 5.95. The van der Waals surface area contributed by atoms with E-state index in [2.05, 4.69) is 9.47 Å². The van der Waals surface area contributed by atoms with Gasteiger partial charge in [-0.3, -0.25) is 0 Å². The Morgan fingerprint density at radius 3 is 2.05 bits per heavy atom. The number of hydrogen-bond donors (Lipinski definition) is 6. The van der Waals surface area contributed by atoms with Crippen LogP contribution in [0.2, 0.25) is 0 Å². The number of carbonyl (C=O) groups is 2. The van der Waals surface area contributed by atoms with Crippen molar-refractivity contribution in [3.05, 3.63) is 0 Å². The van der Waals surface area contributed by atoms with Crippen LogP contribution in [0.25, 0.3) is 0 Å². The normalized spacial score (nSPS) is 18.9. The molecule has 11 nitrogen and oxygen atoms in total. The third-order valence-corrected chi connectivity index (χ3v) is 2.45. The Morgan fingerprint density at radius 1 is 1.18 bits per heavy atom. The van der Waals surface area contributed by atoms with Crippen LogP contribution < -0.4 is 34.7 Å². The van der Waals surface area contributed by atoms with Crippen molar-refractivity contribution in [1.82, 2.24) is 0 Å². The van der Waals surface area contributed by atoms with E-state index in [-0.39, 0.29) is 36.2 Å². The zero-order valence-electron chi connectivity index (χ0n) is 11.9. The summed E-state index contributed by atoms with van der Waals surface area (Å²) < 4.78 is 8.14. The predicted molar refractivity (Wildman–Crippen MR) is 59.2 cm³/mol. The van der Waals surface area contributed by atoms with Crippen molar-refractivity contribution in [3.8, 4) is 0 Å². The van der Waals surface area contributed by atoms with Crippen LogP contribution in [0.15, 0.2) is 0 Å². The molecule has 0 spiro atoms. The van der Waals surface area contributed by atoms with Crippen LogP contribution >= 0.6 is 0 Å². The summed E-state index contributed by atoms with van der Waals surface area (Å²) >= 11 is 0. The summed E-state index contributed by atoms with van der Waals surface area (Å²) in [5, 5.41) is 66.3. The van der Waals surface area contributed by atoms with Gasteiger partial charge in [-0.25, -0.2) is 4.79 Å². The maximum atomic E-state index is 11.0. The van der Waals surface area contributed by atoms with Crippen molar-refractivity contribution in [2.24, 2.45) is 0 Å². The molecule has 5 atom stereocenters. The van der Waals surface area contributed by atoms with Gasteiger partial charge < -0.3 is 50.0 Å². The second kappa shape index (κ2) is 10.3. The van der Waals surface area contributed by atoms with Gasteiger partial charge in [0.25, 0.3) is 5.79 Å². The first-order valence-corrected chi connectivity index (χ1v) is 5.74. The molecule has 0 aromatic rings. The molecule has 0 radical (unpaired) electrons. The standard InChI is InChI=1S/C10H18O11.Na/c1-2-20-9(18)21-10(19,8(16)17)7(15)6(14)5(13)4(12)3-11;/h4-7,11-15,19H,2-3H2,1H3,(H,16,17);/q;+1/p-1/t4-,5-,6+,7-,10?;/m1./s1. The first-order valence-electron chi connectivity index (χ1n) is 5.74. The minimum atomic E-state index is -3.75. The molecule has 0 aliphatic carbocycles. The molecular formula is C10H17NaO11. The van der Waals surface area contributed by atoms with Gasteiger partial charge in [-0.1, -0.05) is 0 Å². The van der Waals surface area contributed by atoms with Gasteiger partial charge in [0.15, 0.2) is 6.10 Å². The number of ether oxygens (including phenoxy) is 2. The SMILES string of the molecule is CCOC(=O)OC(O)(C(=O)[O-])[C@H](O)[C@@H](O)[C@H](O)[C@H](O)CO.[Na+]. The van der Waals surface area contributed by atoms with Crippen LogP contribution in [0.5, 0.6) is 0 Å². The van der Waals surface area contributed by atoms with Crippen LogP contribution in [0.1, 0.15) is 6.92 Å². The summed E-state index contributed by atoms with van der Waals surface area (Å²) in [6.07, 6.45) is -11.2. The van der Waals surface area contributed by atoms with Crippen LogP contribution in [-0.2, 0) is 14.3 Å². The van der Waals surface area contributed by atoms with Crippen molar-refractivity contribution in [3.63, 3.8) is 0 Å². The summed E-state index contributed by atoms with van der Waals surface area (Å²) in [7, 11) is 0. The molecule has 124 valence electrons. The smallest absolute Gasteiger partial charge is 0.543 e. The summed E-state index contributed by atoms with van der Waals surface area (Å²) in [6, 6.07) is 0. The van der Waals surface area contributed by atoms with Crippen molar-refractivity contribution >= 4 is 12.1 Å². The Balaban J connectivity index is 0. The third-order valence-electron chi connectivity index (χ3n) is 2.45. The molecule has 0 aromatic heterocycles. The number of carboxylic acid groups (broad SMARTS) is 1. The molecule has 1 unspecified atom stereocenters. The van der Waals surface area contributed by atoms with Crippen molar-refractivity contribution < 1.29 is 84.4 Å². The molecular weight excluding hydrogens is 319 g/mol. The van der Waals surface area contributed by atoms with E-state index in [0.717, 1.165) is 0 Å². The summed E-state index contributed by atoms with van der Waals surface area (Å²) in [5.74, 6) is -6.25. The van der Waals surface area contributed by atoms with Crippen LogP contribution in [0, 0.1) is 0 Å². The molecule has 12 heteroatoms. The van der Waals surface area contributed by atoms with Crippen molar-refractivity contribution in [2.75, 3.05) is 13.2 Å². The van der Waals surface area contributed by atoms with E-state index in [1.54, 1.807) is 0 Å². The molecule has 0 saturated carbocycles. The van der Waals surface area contributed by atoms with Gasteiger partial charge in [-0.05, 0) is 6.92 Å². The summed E-state index contributed by atoms with van der Waals surface area (Å²) in [5.41, 5.74) is 0. The Labute approximate surface area is 147 Å². The Kier molecular flexibility index (Phi) is 11.1. The largest absolute Gasteiger partial charge is 1.00 e. The molecule has 0 bridgehead atoms. The average Bonchev–Trinajstić information content (AvgIpc) is 2.43. The Hall–Kier alpha value is -0.500. The van der Waals surface area contributed by atoms with Crippen molar-refractivity contribution in [2.45, 2.75) is 37.1 Å². The Bertz CT molecular complexity index is 365. The summed E-state index contributed by atoms with van der Waals surface area (Å²) in [6.45, 7) is 0.0614. The zero-order chi connectivity index (χ0) is 16.8. The molecule has 0 amide bonds. The predicted octanol–water partition coefficient (Wildman–Crippen LogP) is -7.96. The molecule has 0 rings (SSSR count). The molecule has 0 aromatic carbocycles. The van der Waals surface area contributed by atoms with Gasteiger partial charge in [0.2, 0.25) is 0 Å². The van der Waals surface area contributed by atoms with Crippen LogP contribution in [-0.4, -0.2) is 86.2 Å². The topological polar surface area (TPSA) is 197 Å². The zero-order valence-corrected chi connectivity index (χ0v) is 13.9. The first kappa shape index (κ1) is 23.8. The van der Waals surface area contributed by atoms with Crippen LogP contribution in [0.3, 0.4) is 0 Å². The van der Waals surface area contributed by atoms with Crippen molar-refractivity contribution in [1.29, 1.82) is 0 Å². The van der Waals surface area contributed by atoms with E-state index in [4.69, 9.17) is 10.2 Å². The maximum Gasteiger partial charge on any atom is 1.00 e. The van der Waals surface area contributed by atoms with E-state index >= 15 is 0 Å². The van der Waals surface area contributed by atoms with Gasteiger partial charge in [0.1, 0.15) is 24.3 Å². The number of aliphatic hydroxyl groups is 6. The van der Waals surface area contributed by atoms with Gasteiger partial charge in [-0.2, -0.15) is 0 Å². The number of aliphatic carboxylic acids is 1. The van der Waals surface area contributed by atoms with Crippen LogP contribution in [0.4, 0.5) is 4.79 Å². The molecule has 0 saturated heterocycles. The van der Waals surface area contributed by atoms with Gasteiger partial charge in [0.05, 0.1) is 13.2 Å². The molecule has 0 fully saturated rings. The quantitative estimate of drug-likeness (QED) is 0.140. The number of rotatable bonds is 8. The average molecular weight is 336 g/mol. The van der Waals surface area contributed by atoms with Gasteiger partial charge in [0, 0.05) is 0 Å². The van der Waals surface area contributed by atoms with E-state index in [9.17, 15) is 35.1 Å². The van der Waals surface area contributed by atoms with E-state index < -0.39 is 48.9 Å². The minimum absolute atomic E-state index is 0. The van der Waals surface area contributed by atoms with Gasteiger partial charge in [-0.15, -0.1) is 0 Å². The molecule has 0 heterocycles. The minimum Gasteiger partial charge on any atom is -0.543 e. The fourth-order valence-corrected chi connectivity index (χ4v) is 1.25. The maximum absolute atomic E-state index is 11.0. The fraction of sp³-hybridized carbons (Fsp3) is 0.800. The van der Waals surface area contributed by atoms with E-state index in [1.165, 1.54) is 6.92 Å². The van der Waals surface area contributed by atoms with E-state index in [1.807, 2.05) is 0 Å². The monoisotopic (exact) mass is 336 g/mol. The molecule has 0 aliphatic heterocycles. The molecule has 22 heavy (non-hydrogen) atoms. The molecule has 6 N–H and O–H groups in total. The number of aliphatic hydroxyl groups excluding tert-OH is 5. The van der Waals surface area contributed by atoms with Gasteiger partial charge >= 0.3 is 35.7 Å². The summed E-state index contributed by atoms with van der Waals surface area (Å²) in [4.78, 5) is 21.8. The first-order chi connectivity index (χ1) is 9.61. The molecule has 0 aliphatic rings. The Morgan fingerprint density at radius 2 is 1.68 bits per heavy atom. The number of carboxylic acids is 1. The second-order valence-electron chi connectivity index (χ2n) is 3.94.